The molecule has 0 aliphatic carbocycles. The van der Waals surface area contributed by atoms with Gasteiger partial charge in [-0.15, -0.1) is 0 Å². The van der Waals surface area contributed by atoms with Crippen LogP contribution in [0.15, 0.2) is 0 Å². The van der Waals surface area contributed by atoms with E-state index in [9.17, 15) is 14.4 Å². The predicted octanol–water partition coefficient (Wildman–Crippen LogP) is 8.10. The molecule has 3 aliphatic rings. The summed E-state index contributed by atoms with van der Waals surface area (Å²) in [7, 11) is 0. The van der Waals surface area contributed by atoms with Crippen molar-refractivity contribution < 1.29 is 71.2 Å². The zero-order valence-electron chi connectivity index (χ0n) is 37.2. The van der Waals surface area contributed by atoms with E-state index in [1.54, 1.807) is 0 Å². The Hall–Kier alpha value is -2.43. The third-order valence-electron chi connectivity index (χ3n) is 10.8. The number of carbonyl (C=O) groups excluding carboxylic acids is 3. The standard InChI is InChI=1S/C42H74O15/c1-14-42(27-52-36(2,3)15-18-49-39(8,9)21-30-24-46-33(43)55-30,28-53-37(4,5)16-19-50-40(10,11)22-31-25-47-34(44)56-31)29-54-38(6,7)17-20-51-41(12,13)23-32-26-48-35(45)57-32/h30-32H,14-29H2,1-13H3. The maximum absolute atomic E-state index is 11.4. The Morgan fingerprint density at radius 3 is 0.912 bits per heavy atom. The molecule has 0 aromatic heterocycles. The van der Waals surface area contributed by atoms with Crippen LogP contribution in [0.25, 0.3) is 0 Å². The molecule has 3 fully saturated rings. The maximum Gasteiger partial charge on any atom is 0.508 e. The van der Waals surface area contributed by atoms with Gasteiger partial charge < -0.3 is 56.8 Å². The van der Waals surface area contributed by atoms with Crippen LogP contribution in [0.5, 0.6) is 0 Å². The van der Waals surface area contributed by atoms with Crippen molar-refractivity contribution in [1.82, 2.24) is 0 Å². The van der Waals surface area contributed by atoms with Crippen LogP contribution >= 0.6 is 0 Å². The van der Waals surface area contributed by atoms with Crippen LogP contribution in [0.2, 0.25) is 0 Å². The highest BCUT2D eigenvalue weighted by Gasteiger charge is 2.39. The van der Waals surface area contributed by atoms with Crippen molar-refractivity contribution in [3.63, 3.8) is 0 Å². The topological polar surface area (TPSA) is 162 Å². The summed E-state index contributed by atoms with van der Waals surface area (Å²) in [6.07, 6.45) is 1.33. The Kier molecular flexibility index (Phi) is 17.4. The van der Waals surface area contributed by atoms with Crippen LogP contribution < -0.4 is 0 Å². The Labute approximate surface area is 341 Å². The van der Waals surface area contributed by atoms with Crippen LogP contribution in [-0.4, -0.2) is 130 Å². The quantitative estimate of drug-likeness (QED) is 0.0549. The van der Waals surface area contributed by atoms with Gasteiger partial charge in [0, 0.05) is 24.7 Å². The van der Waals surface area contributed by atoms with Crippen LogP contribution in [0, 0.1) is 5.41 Å². The van der Waals surface area contributed by atoms with Crippen LogP contribution in [-0.2, 0) is 56.8 Å². The maximum atomic E-state index is 11.4. The number of carbonyl (C=O) groups is 3. The number of rotatable bonds is 28. The largest absolute Gasteiger partial charge is 0.508 e. The molecule has 15 heteroatoms. The molecule has 3 atom stereocenters. The van der Waals surface area contributed by atoms with Gasteiger partial charge in [-0.3, -0.25) is 0 Å². The summed E-state index contributed by atoms with van der Waals surface area (Å²) in [4.78, 5) is 34.2. The lowest BCUT2D eigenvalue weighted by Crippen LogP contribution is -2.45. The van der Waals surface area contributed by atoms with Crippen molar-refractivity contribution in [2.24, 2.45) is 5.41 Å². The molecular formula is C42H74O15. The van der Waals surface area contributed by atoms with E-state index in [-0.39, 0.29) is 38.1 Å². The second-order valence-electron chi connectivity index (χ2n) is 19.6. The molecule has 332 valence electrons. The normalized spacial score (nSPS) is 22.1. The molecule has 57 heavy (non-hydrogen) atoms. The second kappa shape index (κ2) is 20.2. The molecule has 3 aliphatic heterocycles. The summed E-state index contributed by atoms with van der Waals surface area (Å²) in [6.45, 7) is 29.6. The van der Waals surface area contributed by atoms with Gasteiger partial charge in [0.15, 0.2) is 0 Å². The van der Waals surface area contributed by atoms with Gasteiger partial charge in [-0.05, 0) is 109 Å². The summed E-state index contributed by atoms with van der Waals surface area (Å²) in [6, 6.07) is 0. The molecule has 0 amide bonds. The lowest BCUT2D eigenvalue weighted by molar-refractivity contribution is -0.170. The molecule has 3 heterocycles. The fourth-order valence-corrected chi connectivity index (χ4v) is 6.63. The zero-order chi connectivity index (χ0) is 42.8. The lowest BCUT2D eigenvalue weighted by Gasteiger charge is -2.41. The van der Waals surface area contributed by atoms with Crippen molar-refractivity contribution >= 4 is 18.5 Å². The number of hydrogen-bond acceptors (Lipinski definition) is 15. The van der Waals surface area contributed by atoms with E-state index in [0.717, 1.165) is 6.42 Å². The Bertz CT molecular complexity index is 1140. The molecule has 0 radical (unpaired) electrons. The number of hydrogen-bond donors (Lipinski definition) is 0. The van der Waals surface area contributed by atoms with E-state index in [4.69, 9.17) is 56.8 Å². The van der Waals surface area contributed by atoms with E-state index in [1.165, 1.54) is 0 Å². The molecule has 0 aromatic carbocycles. The van der Waals surface area contributed by atoms with Crippen molar-refractivity contribution in [1.29, 1.82) is 0 Å². The number of ether oxygens (including phenoxy) is 12. The van der Waals surface area contributed by atoms with Crippen molar-refractivity contribution in [3.05, 3.63) is 0 Å². The van der Waals surface area contributed by atoms with Crippen molar-refractivity contribution in [2.45, 2.75) is 187 Å². The smallest absolute Gasteiger partial charge is 0.430 e. The molecular weight excluding hydrogens is 744 g/mol. The highest BCUT2D eigenvalue weighted by atomic mass is 16.8. The summed E-state index contributed by atoms with van der Waals surface area (Å²) < 4.78 is 69.3. The predicted molar refractivity (Wildman–Crippen MR) is 209 cm³/mol. The fraction of sp³-hybridized carbons (Fsp3) is 0.929. The van der Waals surface area contributed by atoms with Gasteiger partial charge in [-0.1, -0.05) is 6.92 Å². The minimum atomic E-state index is -0.639. The fourth-order valence-electron chi connectivity index (χ4n) is 6.63. The monoisotopic (exact) mass is 819 g/mol. The first-order valence-electron chi connectivity index (χ1n) is 20.6. The van der Waals surface area contributed by atoms with Gasteiger partial charge in [-0.25, -0.2) is 14.4 Å². The summed E-state index contributed by atoms with van der Waals surface area (Å²) in [5.74, 6) is 0. The summed E-state index contributed by atoms with van der Waals surface area (Å²) >= 11 is 0. The molecule has 15 nitrogen and oxygen atoms in total. The van der Waals surface area contributed by atoms with Crippen LogP contribution in [0.3, 0.4) is 0 Å². The molecule has 3 rings (SSSR count). The third-order valence-corrected chi connectivity index (χ3v) is 10.8. The summed E-state index contributed by atoms with van der Waals surface area (Å²) in [5, 5.41) is 0. The van der Waals surface area contributed by atoms with E-state index in [2.05, 4.69) is 48.5 Å². The minimum absolute atomic E-state index is 0.233. The van der Waals surface area contributed by atoms with E-state index in [1.807, 2.05) is 41.5 Å². The first-order chi connectivity index (χ1) is 26.2. The van der Waals surface area contributed by atoms with Crippen LogP contribution in [0.4, 0.5) is 14.4 Å². The van der Waals surface area contributed by atoms with Crippen LogP contribution in [0.1, 0.15) is 135 Å². The van der Waals surface area contributed by atoms with E-state index < -0.39 is 57.5 Å². The highest BCUT2D eigenvalue weighted by molar-refractivity contribution is 5.62. The molecule has 0 saturated carbocycles. The van der Waals surface area contributed by atoms with Crippen molar-refractivity contribution in [3.8, 4) is 0 Å². The van der Waals surface area contributed by atoms with Gasteiger partial charge in [0.05, 0.1) is 73.2 Å². The molecule has 3 saturated heterocycles. The zero-order valence-corrected chi connectivity index (χ0v) is 37.2. The van der Waals surface area contributed by atoms with Crippen molar-refractivity contribution in [2.75, 3.05) is 59.5 Å². The summed E-state index contributed by atoms with van der Waals surface area (Å²) in [5.41, 5.74) is -3.63. The highest BCUT2D eigenvalue weighted by Crippen LogP contribution is 2.34. The number of cyclic esters (lactones) is 6. The molecule has 3 unspecified atom stereocenters. The average Bonchev–Trinajstić information content (AvgIpc) is 3.80. The Balaban J connectivity index is 1.60. The van der Waals surface area contributed by atoms with E-state index >= 15 is 0 Å². The van der Waals surface area contributed by atoms with Gasteiger partial charge in [0.1, 0.15) is 38.1 Å². The van der Waals surface area contributed by atoms with Gasteiger partial charge in [0.25, 0.3) is 0 Å². The Morgan fingerprint density at radius 1 is 0.439 bits per heavy atom. The van der Waals surface area contributed by atoms with Gasteiger partial charge in [0.2, 0.25) is 0 Å². The lowest BCUT2D eigenvalue weighted by atomic mass is 9.86. The molecule has 0 N–H and O–H groups in total. The molecule has 0 aromatic rings. The van der Waals surface area contributed by atoms with Gasteiger partial charge >= 0.3 is 18.5 Å². The third kappa shape index (κ3) is 18.6. The van der Waals surface area contributed by atoms with E-state index in [0.29, 0.717) is 78.2 Å². The van der Waals surface area contributed by atoms with Gasteiger partial charge in [-0.2, -0.15) is 0 Å². The first-order valence-corrected chi connectivity index (χ1v) is 20.6. The first kappa shape index (κ1) is 48.9. The second-order valence-corrected chi connectivity index (χ2v) is 19.6. The Morgan fingerprint density at radius 2 is 0.702 bits per heavy atom. The minimum Gasteiger partial charge on any atom is -0.430 e. The molecule has 0 bridgehead atoms. The SMILES string of the molecule is CCC(COC(C)(C)CCOC(C)(C)CC1COC(=O)O1)(COC(C)(C)CCOC(C)(C)CC1COC(=O)O1)COC(C)(C)CCOC(C)(C)CC1COC(=O)O1. The average molecular weight is 819 g/mol. The molecule has 0 spiro atoms.